The fourth-order valence-corrected chi connectivity index (χ4v) is 3.84. The fraction of sp³-hybridized carbons (Fsp3) is 0.333. The Labute approximate surface area is 161 Å². The normalized spacial score (nSPS) is 25.0. The highest BCUT2D eigenvalue weighted by molar-refractivity contribution is 6.42. The van der Waals surface area contributed by atoms with Crippen molar-refractivity contribution in [1.82, 2.24) is 4.90 Å². The van der Waals surface area contributed by atoms with Crippen LogP contribution in [-0.4, -0.2) is 23.6 Å². The third kappa shape index (κ3) is 3.55. The van der Waals surface area contributed by atoms with Crippen molar-refractivity contribution in [2.24, 2.45) is 0 Å². The zero-order valence-corrected chi connectivity index (χ0v) is 16.1. The summed E-state index contributed by atoms with van der Waals surface area (Å²) in [7, 11) is 2.04. The summed E-state index contributed by atoms with van der Waals surface area (Å²) in [6.45, 7) is 0.752. The molecular weight excluding hydrogens is 388 g/mol. The number of rotatable bonds is 2. The van der Waals surface area contributed by atoms with Crippen LogP contribution in [-0.2, 0) is 5.60 Å². The van der Waals surface area contributed by atoms with Gasteiger partial charge in [0, 0.05) is 19.0 Å². The van der Waals surface area contributed by atoms with Crippen molar-refractivity contribution in [2.45, 2.75) is 24.5 Å². The molecule has 2 unspecified atom stereocenters. The van der Waals surface area contributed by atoms with Gasteiger partial charge in [-0.3, -0.25) is 4.90 Å². The number of benzene rings is 2. The number of hydrogen-bond donors (Lipinski definition) is 1. The van der Waals surface area contributed by atoms with E-state index in [0.717, 1.165) is 17.7 Å². The van der Waals surface area contributed by atoms with Gasteiger partial charge < -0.3 is 5.11 Å². The van der Waals surface area contributed by atoms with Gasteiger partial charge in [0.25, 0.3) is 0 Å². The monoisotopic (exact) mass is 403 g/mol. The first-order chi connectivity index (χ1) is 11.3. The predicted molar refractivity (Wildman–Crippen MR) is 101 cm³/mol. The Morgan fingerprint density at radius 2 is 1.58 bits per heavy atom. The molecule has 2 atom stereocenters. The molecule has 1 aliphatic heterocycles. The number of halogens is 4. The third-order valence-corrected chi connectivity index (χ3v) is 6.20. The van der Waals surface area contributed by atoms with Gasteiger partial charge in [0.1, 0.15) is 0 Å². The van der Waals surface area contributed by atoms with Crippen LogP contribution >= 0.6 is 46.4 Å². The highest BCUT2D eigenvalue weighted by Crippen LogP contribution is 2.43. The molecule has 2 nitrogen and oxygen atoms in total. The number of nitrogens with zero attached hydrogens (tertiary/aromatic N) is 1. The van der Waals surface area contributed by atoms with E-state index in [1.807, 2.05) is 25.2 Å². The van der Waals surface area contributed by atoms with Crippen LogP contribution in [0.5, 0.6) is 0 Å². The molecule has 0 amide bonds. The lowest BCUT2D eigenvalue weighted by atomic mass is 9.79. The van der Waals surface area contributed by atoms with Crippen LogP contribution in [0.1, 0.15) is 30.0 Å². The van der Waals surface area contributed by atoms with E-state index >= 15 is 0 Å². The molecule has 1 aliphatic rings. The maximum Gasteiger partial charge on any atom is 0.0927 e. The Bertz CT molecular complexity index is 767. The maximum atomic E-state index is 11.2. The van der Waals surface area contributed by atoms with Crippen molar-refractivity contribution in [3.63, 3.8) is 0 Å². The van der Waals surface area contributed by atoms with Gasteiger partial charge in [-0.15, -0.1) is 0 Å². The standard InChI is InChI=1S/C18H17Cl4NO/c1-23-7-6-18(24,12-3-5-14(20)16(22)9-12)10-17(23)11-2-4-13(19)15(21)8-11/h2-5,8-9,17,24H,6-7,10H2,1H3. The van der Waals surface area contributed by atoms with Crippen LogP contribution in [0.15, 0.2) is 36.4 Å². The molecule has 1 fully saturated rings. The van der Waals surface area contributed by atoms with Crippen LogP contribution in [0.3, 0.4) is 0 Å². The molecule has 2 aromatic carbocycles. The van der Waals surface area contributed by atoms with Crippen LogP contribution in [0.2, 0.25) is 20.1 Å². The summed E-state index contributed by atoms with van der Waals surface area (Å²) in [5.74, 6) is 0. The van der Waals surface area contributed by atoms with Gasteiger partial charge in [-0.2, -0.15) is 0 Å². The summed E-state index contributed by atoms with van der Waals surface area (Å²) in [5.41, 5.74) is 0.859. The fourth-order valence-electron chi connectivity index (χ4n) is 3.23. The van der Waals surface area contributed by atoms with Crippen molar-refractivity contribution >= 4 is 46.4 Å². The van der Waals surface area contributed by atoms with E-state index in [9.17, 15) is 5.11 Å². The molecule has 0 aromatic heterocycles. The third-order valence-electron chi connectivity index (χ3n) is 4.73. The number of likely N-dealkylation sites (tertiary alicyclic amines) is 1. The molecule has 1 N–H and O–H groups in total. The molecule has 128 valence electrons. The quantitative estimate of drug-likeness (QED) is 0.667. The van der Waals surface area contributed by atoms with Crippen LogP contribution in [0.25, 0.3) is 0 Å². The average molecular weight is 405 g/mol. The zero-order chi connectivity index (χ0) is 17.5. The van der Waals surface area contributed by atoms with E-state index in [2.05, 4.69) is 4.90 Å². The van der Waals surface area contributed by atoms with Crippen LogP contribution < -0.4 is 0 Å². The van der Waals surface area contributed by atoms with Crippen molar-refractivity contribution in [3.05, 3.63) is 67.6 Å². The lowest BCUT2D eigenvalue weighted by Crippen LogP contribution is -2.42. The zero-order valence-electron chi connectivity index (χ0n) is 13.1. The molecule has 0 saturated carbocycles. The van der Waals surface area contributed by atoms with Crippen LogP contribution in [0, 0.1) is 0 Å². The molecule has 24 heavy (non-hydrogen) atoms. The summed E-state index contributed by atoms with van der Waals surface area (Å²) < 4.78 is 0. The minimum absolute atomic E-state index is 0.0352. The summed E-state index contributed by atoms with van der Waals surface area (Å²) in [6.07, 6.45) is 1.17. The van der Waals surface area contributed by atoms with E-state index in [-0.39, 0.29) is 6.04 Å². The molecular formula is C18H17Cl4NO. The van der Waals surface area contributed by atoms with E-state index in [0.29, 0.717) is 32.9 Å². The topological polar surface area (TPSA) is 23.5 Å². The van der Waals surface area contributed by atoms with Crippen LogP contribution in [0.4, 0.5) is 0 Å². The molecule has 0 spiro atoms. The Kier molecular flexibility index (Phi) is 5.36. The summed E-state index contributed by atoms with van der Waals surface area (Å²) in [5, 5.41) is 13.2. The van der Waals surface area contributed by atoms with Crippen molar-refractivity contribution in [2.75, 3.05) is 13.6 Å². The van der Waals surface area contributed by atoms with E-state index in [1.165, 1.54) is 0 Å². The van der Waals surface area contributed by atoms with Crippen molar-refractivity contribution in [1.29, 1.82) is 0 Å². The number of piperidine rings is 1. The number of aliphatic hydroxyl groups is 1. The Morgan fingerprint density at radius 3 is 2.21 bits per heavy atom. The lowest BCUT2D eigenvalue weighted by molar-refractivity contribution is -0.0458. The van der Waals surface area contributed by atoms with Gasteiger partial charge in [-0.25, -0.2) is 0 Å². The van der Waals surface area contributed by atoms with Gasteiger partial charge >= 0.3 is 0 Å². The van der Waals surface area contributed by atoms with E-state index in [1.54, 1.807) is 18.2 Å². The maximum absolute atomic E-state index is 11.2. The minimum atomic E-state index is -0.961. The second kappa shape index (κ2) is 7.03. The highest BCUT2D eigenvalue weighted by Gasteiger charge is 2.39. The first-order valence-electron chi connectivity index (χ1n) is 7.63. The van der Waals surface area contributed by atoms with Crippen molar-refractivity contribution < 1.29 is 5.11 Å². The number of hydrogen-bond acceptors (Lipinski definition) is 2. The van der Waals surface area contributed by atoms with Gasteiger partial charge in [-0.05, 0) is 48.9 Å². The van der Waals surface area contributed by atoms with Gasteiger partial charge in [0.15, 0.2) is 0 Å². The highest BCUT2D eigenvalue weighted by atomic mass is 35.5. The lowest BCUT2D eigenvalue weighted by Gasteiger charge is -2.43. The molecule has 0 bridgehead atoms. The van der Waals surface area contributed by atoms with E-state index in [4.69, 9.17) is 46.4 Å². The molecule has 2 aromatic rings. The van der Waals surface area contributed by atoms with E-state index < -0.39 is 5.60 Å². The molecule has 1 heterocycles. The second-order valence-corrected chi connectivity index (χ2v) is 7.91. The summed E-state index contributed by atoms with van der Waals surface area (Å²) in [6, 6.07) is 11.0. The second-order valence-electron chi connectivity index (χ2n) is 6.28. The molecule has 0 aliphatic carbocycles. The first-order valence-corrected chi connectivity index (χ1v) is 9.14. The summed E-state index contributed by atoms with van der Waals surface area (Å²) >= 11 is 24.3. The van der Waals surface area contributed by atoms with Gasteiger partial charge in [0.05, 0.1) is 25.7 Å². The van der Waals surface area contributed by atoms with Crippen molar-refractivity contribution in [3.8, 4) is 0 Å². The van der Waals surface area contributed by atoms with Gasteiger partial charge in [-0.1, -0.05) is 58.5 Å². The average Bonchev–Trinajstić information content (AvgIpc) is 2.55. The largest absolute Gasteiger partial charge is 0.385 e. The first kappa shape index (κ1) is 18.3. The summed E-state index contributed by atoms with van der Waals surface area (Å²) in [4.78, 5) is 2.21. The molecule has 3 rings (SSSR count). The molecule has 0 radical (unpaired) electrons. The predicted octanol–water partition coefficient (Wildman–Crippen LogP) is 5.95. The molecule has 6 heteroatoms. The SMILES string of the molecule is CN1CCC(O)(c2ccc(Cl)c(Cl)c2)CC1c1ccc(Cl)c(Cl)c1. The minimum Gasteiger partial charge on any atom is -0.385 e. The Hall–Kier alpha value is -0.480. The van der Waals surface area contributed by atoms with Gasteiger partial charge in [0.2, 0.25) is 0 Å². The Morgan fingerprint density at radius 1 is 0.958 bits per heavy atom. The Balaban J connectivity index is 1.94. The smallest absolute Gasteiger partial charge is 0.0927 e. The molecule has 1 saturated heterocycles.